The van der Waals surface area contributed by atoms with Crippen molar-refractivity contribution in [3.63, 3.8) is 0 Å². The van der Waals surface area contributed by atoms with Crippen molar-refractivity contribution in [3.8, 4) is 0 Å². The second-order valence-electron chi connectivity index (χ2n) is 6.06. The Kier molecular flexibility index (Phi) is 7.41. The van der Waals surface area contributed by atoms with Crippen LogP contribution in [-0.2, 0) is 0 Å². The molecule has 0 saturated carbocycles. The maximum atomic E-state index is 13.1. The summed E-state index contributed by atoms with van der Waals surface area (Å²) in [4.78, 5) is 21.6. The Bertz CT molecular complexity index is 849. The van der Waals surface area contributed by atoms with Crippen LogP contribution < -0.4 is 4.90 Å². The van der Waals surface area contributed by atoms with Crippen molar-refractivity contribution in [2.24, 2.45) is 0 Å². The summed E-state index contributed by atoms with van der Waals surface area (Å²) in [6.07, 6.45) is 0.860. The molecule has 0 N–H and O–H groups in total. The van der Waals surface area contributed by atoms with Gasteiger partial charge in [0, 0.05) is 6.54 Å². The third kappa shape index (κ3) is 4.74. The zero-order chi connectivity index (χ0) is 17.8. The van der Waals surface area contributed by atoms with E-state index >= 15 is 0 Å². The third-order valence-corrected chi connectivity index (χ3v) is 5.24. The lowest BCUT2D eigenvalue weighted by atomic mass is 10.2. The van der Waals surface area contributed by atoms with Crippen LogP contribution in [0.25, 0.3) is 10.2 Å². The van der Waals surface area contributed by atoms with Gasteiger partial charge in [-0.05, 0) is 51.3 Å². The molecule has 2 aromatic carbocycles. The second-order valence-corrected chi connectivity index (χ2v) is 7.47. The van der Waals surface area contributed by atoms with Crippen LogP contribution >= 0.6 is 35.3 Å². The van der Waals surface area contributed by atoms with Gasteiger partial charge < -0.3 is 4.90 Å². The first-order valence-electron chi connectivity index (χ1n) is 8.13. The number of thiazole rings is 1. The predicted octanol–water partition coefficient (Wildman–Crippen LogP) is 4.97. The van der Waals surface area contributed by atoms with Crippen LogP contribution in [0.1, 0.15) is 16.8 Å². The molecule has 3 rings (SSSR count). The molecule has 1 heterocycles. The molecule has 0 saturated heterocycles. The van der Waals surface area contributed by atoms with Crippen LogP contribution in [-0.4, -0.2) is 43.0 Å². The van der Waals surface area contributed by atoms with Gasteiger partial charge in [0.15, 0.2) is 5.13 Å². The van der Waals surface area contributed by atoms with Gasteiger partial charge in [-0.2, -0.15) is 0 Å². The van der Waals surface area contributed by atoms with Crippen molar-refractivity contribution in [1.82, 2.24) is 9.88 Å². The fourth-order valence-electron chi connectivity index (χ4n) is 2.58. The molecule has 26 heavy (non-hydrogen) atoms. The van der Waals surface area contributed by atoms with Crippen LogP contribution in [0.2, 0.25) is 5.02 Å². The Morgan fingerprint density at radius 1 is 1.08 bits per heavy atom. The highest BCUT2D eigenvalue weighted by Crippen LogP contribution is 2.30. The molecule has 7 heteroatoms. The summed E-state index contributed by atoms with van der Waals surface area (Å²) >= 11 is 7.77. The Morgan fingerprint density at radius 3 is 2.46 bits per heavy atom. The maximum Gasteiger partial charge on any atom is 0.261 e. The van der Waals surface area contributed by atoms with E-state index in [2.05, 4.69) is 9.88 Å². The second kappa shape index (κ2) is 9.33. The van der Waals surface area contributed by atoms with Gasteiger partial charge >= 0.3 is 0 Å². The molecule has 138 valence electrons. The highest BCUT2D eigenvalue weighted by atomic mass is 35.5. The number of carbonyl (C=O) groups is 1. The lowest BCUT2D eigenvalue weighted by molar-refractivity contribution is 0.0986. The number of nitrogens with zero attached hydrogens (tertiary/aromatic N) is 3. The van der Waals surface area contributed by atoms with Gasteiger partial charge in [0.2, 0.25) is 0 Å². The fourth-order valence-corrected chi connectivity index (χ4v) is 3.79. The summed E-state index contributed by atoms with van der Waals surface area (Å²) in [6, 6.07) is 15.1. The summed E-state index contributed by atoms with van der Waals surface area (Å²) in [5.74, 6) is -0.108. The van der Waals surface area contributed by atoms with Crippen LogP contribution in [0.4, 0.5) is 5.13 Å². The molecule has 4 nitrogen and oxygen atoms in total. The van der Waals surface area contributed by atoms with Gasteiger partial charge in [0.1, 0.15) is 0 Å². The monoisotopic (exact) mass is 409 g/mol. The molecule has 0 unspecified atom stereocenters. The predicted molar refractivity (Wildman–Crippen MR) is 113 cm³/mol. The quantitative estimate of drug-likeness (QED) is 0.576. The lowest BCUT2D eigenvalue weighted by Gasteiger charge is -2.21. The molecule has 0 aliphatic carbocycles. The molecule has 0 aliphatic heterocycles. The molecule has 0 radical (unpaired) electrons. The number of anilines is 1. The first kappa shape index (κ1) is 20.6. The van der Waals surface area contributed by atoms with Crippen molar-refractivity contribution in [1.29, 1.82) is 0 Å². The van der Waals surface area contributed by atoms with E-state index in [-0.39, 0.29) is 18.3 Å². The van der Waals surface area contributed by atoms with Crippen molar-refractivity contribution in [2.45, 2.75) is 6.42 Å². The summed E-state index contributed by atoms with van der Waals surface area (Å²) in [7, 11) is 4.05. The molecule has 0 spiro atoms. The molecule has 1 amide bonds. The number of benzene rings is 2. The van der Waals surface area contributed by atoms with Crippen molar-refractivity contribution in [3.05, 3.63) is 59.1 Å². The van der Waals surface area contributed by atoms with E-state index in [0.717, 1.165) is 23.2 Å². The van der Waals surface area contributed by atoms with Crippen molar-refractivity contribution >= 4 is 56.6 Å². The van der Waals surface area contributed by atoms with Gasteiger partial charge in [0.05, 0.1) is 20.8 Å². The largest absolute Gasteiger partial charge is 0.309 e. The zero-order valence-electron chi connectivity index (χ0n) is 14.7. The normalized spacial score (nSPS) is 10.8. The SMILES string of the molecule is CN(C)CCCN(C(=O)c1ccccc1Cl)c1nc2ccccc2s1.Cl. The van der Waals surface area contributed by atoms with E-state index in [9.17, 15) is 4.79 Å². The Labute approximate surface area is 168 Å². The van der Waals surface area contributed by atoms with Crippen LogP contribution in [0.15, 0.2) is 48.5 Å². The average molecular weight is 410 g/mol. The van der Waals surface area contributed by atoms with E-state index < -0.39 is 0 Å². The number of fused-ring (bicyclic) bond motifs is 1. The molecule has 0 bridgehead atoms. The molecule has 1 aromatic heterocycles. The van der Waals surface area contributed by atoms with Crippen LogP contribution in [0.5, 0.6) is 0 Å². The number of hydrogen-bond acceptors (Lipinski definition) is 4. The highest BCUT2D eigenvalue weighted by Gasteiger charge is 2.22. The van der Waals surface area contributed by atoms with E-state index in [1.807, 2.05) is 50.5 Å². The van der Waals surface area contributed by atoms with Gasteiger partial charge in [-0.3, -0.25) is 9.69 Å². The van der Waals surface area contributed by atoms with Gasteiger partial charge in [-0.1, -0.05) is 47.2 Å². The first-order valence-corrected chi connectivity index (χ1v) is 9.32. The number of amides is 1. The van der Waals surface area contributed by atoms with Crippen molar-refractivity contribution < 1.29 is 4.79 Å². The third-order valence-electron chi connectivity index (χ3n) is 3.85. The minimum absolute atomic E-state index is 0. The first-order chi connectivity index (χ1) is 12.1. The number of halogens is 2. The molecule has 0 aliphatic rings. The Morgan fingerprint density at radius 2 is 1.77 bits per heavy atom. The maximum absolute atomic E-state index is 13.1. The van der Waals surface area contributed by atoms with Gasteiger partial charge in [0.25, 0.3) is 5.91 Å². The van der Waals surface area contributed by atoms with Crippen molar-refractivity contribution in [2.75, 3.05) is 32.1 Å². The standard InChI is InChI=1S/C19H20ClN3OS.ClH/c1-22(2)12-7-13-23(18(24)14-8-3-4-9-15(14)20)19-21-16-10-5-6-11-17(16)25-19;/h3-6,8-11H,7,12-13H2,1-2H3;1H. The smallest absolute Gasteiger partial charge is 0.261 e. The summed E-state index contributed by atoms with van der Waals surface area (Å²) in [6.45, 7) is 1.50. The Hall–Kier alpha value is -1.66. The van der Waals surface area contributed by atoms with Gasteiger partial charge in [-0.15, -0.1) is 12.4 Å². The van der Waals surface area contributed by atoms with E-state index in [4.69, 9.17) is 11.6 Å². The fraction of sp³-hybridized carbons (Fsp3) is 0.263. The molecular weight excluding hydrogens is 389 g/mol. The zero-order valence-corrected chi connectivity index (χ0v) is 17.1. The summed E-state index contributed by atoms with van der Waals surface area (Å²) in [5, 5.41) is 1.18. The molecule has 0 fully saturated rings. The van der Waals surface area contributed by atoms with Crippen LogP contribution in [0.3, 0.4) is 0 Å². The number of carbonyl (C=O) groups excluding carboxylic acids is 1. The Balaban J connectivity index is 0.00000243. The van der Waals surface area contributed by atoms with E-state index in [1.54, 1.807) is 17.0 Å². The molecular formula is C19H21Cl2N3OS. The minimum Gasteiger partial charge on any atom is -0.309 e. The lowest BCUT2D eigenvalue weighted by Crippen LogP contribution is -2.33. The van der Waals surface area contributed by atoms with Crippen LogP contribution in [0, 0.1) is 0 Å². The van der Waals surface area contributed by atoms with E-state index in [1.165, 1.54) is 11.3 Å². The number of rotatable bonds is 6. The van der Waals surface area contributed by atoms with Gasteiger partial charge in [-0.25, -0.2) is 4.98 Å². The van der Waals surface area contributed by atoms with E-state index in [0.29, 0.717) is 22.3 Å². The average Bonchev–Trinajstić information content (AvgIpc) is 3.02. The summed E-state index contributed by atoms with van der Waals surface area (Å²) in [5.41, 5.74) is 1.42. The summed E-state index contributed by atoms with van der Waals surface area (Å²) < 4.78 is 1.07. The molecule has 3 aromatic rings. The minimum atomic E-state index is -0.108. The number of para-hydroxylation sites is 1. The molecule has 0 atom stereocenters. The topological polar surface area (TPSA) is 36.4 Å². The number of hydrogen-bond donors (Lipinski definition) is 0. The highest BCUT2D eigenvalue weighted by molar-refractivity contribution is 7.22. The number of aromatic nitrogens is 1.